The van der Waals surface area contributed by atoms with Crippen molar-refractivity contribution < 1.29 is 41.6 Å². The van der Waals surface area contributed by atoms with Gasteiger partial charge in [-0.1, -0.05) is 17.5 Å². The van der Waals surface area contributed by atoms with Crippen molar-refractivity contribution in [2.75, 3.05) is 6.61 Å². The minimum Gasteiger partial charge on any atom is -0.388 e. The van der Waals surface area contributed by atoms with Crippen molar-refractivity contribution in [2.45, 2.75) is 49.7 Å². The molecule has 0 amide bonds. The second-order valence-electron chi connectivity index (χ2n) is 10.1. The minimum atomic E-state index is -4.78. The fraction of sp³-hybridized carbons (Fsp3) is 0.321. The van der Waals surface area contributed by atoms with Gasteiger partial charge in [0.2, 0.25) is 0 Å². The van der Waals surface area contributed by atoms with E-state index in [1.54, 1.807) is 0 Å². The normalized spacial score (nSPS) is 25.5. The molecule has 2 aromatic carbocycles. The fourth-order valence-corrected chi connectivity index (χ4v) is 5.63. The number of terminal acetylenes is 1. The molecule has 4 heterocycles. The van der Waals surface area contributed by atoms with Crippen LogP contribution in [0.1, 0.15) is 34.9 Å². The van der Waals surface area contributed by atoms with Crippen LogP contribution in [0, 0.1) is 30.9 Å². The summed E-state index contributed by atoms with van der Waals surface area (Å²) < 4.78 is 84.6. The van der Waals surface area contributed by atoms with Crippen molar-refractivity contribution in [3.63, 3.8) is 0 Å². The lowest BCUT2D eigenvalue weighted by atomic mass is 9.91. The SMILES string of the molecule is C#Cc1c(F)cc(-c2cnn(C3C(O)[C@H](c4nc(C)nn4-c4cc(Cl)ccc4C(F)(F)F)OC4C(O)CO[C@@H]43)c2)cc1F. The van der Waals surface area contributed by atoms with Crippen molar-refractivity contribution in [1.29, 1.82) is 0 Å². The Morgan fingerprint density at radius 1 is 1.09 bits per heavy atom. The molecule has 0 bridgehead atoms. The Bertz CT molecular complexity index is 1730. The van der Waals surface area contributed by atoms with Crippen LogP contribution in [-0.4, -0.2) is 65.8 Å². The lowest BCUT2D eigenvalue weighted by molar-refractivity contribution is -0.196. The predicted octanol–water partition coefficient (Wildman–Crippen LogP) is 4.17. The largest absolute Gasteiger partial charge is 0.418 e. The molecule has 0 saturated carbocycles. The molecule has 4 aromatic rings. The number of aliphatic hydroxyl groups is 2. The highest BCUT2D eigenvalue weighted by atomic mass is 35.5. The van der Waals surface area contributed by atoms with E-state index in [0.717, 1.165) is 35.0 Å². The summed E-state index contributed by atoms with van der Waals surface area (Å²) in [7, 11) is 0. The smallest absolute Gasteiger partial charge is 0.388 e. The van der Waals surface area contributed by atoms with Crippen LogP contribution in [0.2, 0.25) is 5.02 Å². The third-order valence-corrected chi connectivity index (χ3v) is 7.61. The molecule has 4 unspecified atom stereocenters. The monoisotopic (exact) mass is 621 g/mol. The summed E-state index contributed by atoms with van der Waals surface area (Å²) in [6, 6.07) is 3.95. The number of benzene rings is 2. The average Bonchev–Trinajstić information content (AvgIpc) is 3.66. The van der Waals surface area contributed by atoms with Gasteiger partial charge in [-0.05, 0) is 42.8 Å². The number of alkyl halides is 3. The summed E-state index contributed by atoms with van der Waals surface area (Å²) >= 11 is 6.05. The van der Waals surface area contributed by atoms with E-state index in [1.807, 2.05) is 5.92 Å². The number of ether oxygens (including phenoxy) is 2. The summed E-state index contributed by atoms with van der Waals surface area (Å²) in [6.07, 6.45) is -3.07. The molecule has 6 rings (SSSR count). The molecule has 2 N–H and O–H groups in total. The number of hydrogen-bond acceptors (Lipinski definition) is 7. The third kappa shape index (κ3) is 5.07. The van der Waals surface area contributed by atoms with Gasteiger partial charge >= 0.3 is 6.18 Å². The Kier molecular flexibility index (Phi) is 7.26. The van der Waals surface area contributed by atoms with E-state index in [-0.39, 0.29) is 34.4 Å². The number of aliphatic hydroxyl groups excluding tert-OH is 2. The van der Waals surface area contributed by atoms with Crippen LogP contribution in [0.4, 0.5) is 22.0 Å². The van der Waals surface area contributed by atoms with E-state index in [2.05, 4.69) is 15.2 Å². The zero-order chi connectivity index (χ0) is 30.8. The number of aromatic nitrogens is 5. The quantitative estimate of drug-likeness (QED) is 0.260. The van der Waals surface area contributed by atoms with Crippen LogP contribution in [0.5, 0.6) is 0 Å². The zero-order valence-corrected chi connectivity index (χ0v) is 22.8. The molecule has 0 radical (unpaired) electrons. The molecular formula is C28H21ClF5N5O4. The first-order valence-corrected chi connectivity index (χ1v) is 13.2. The Morgan fingerprint density at radius 2 is 1.81 bits per heavy atom. The first-order valence-electron chi connectivity index (χ1n) is 12.8. The van der Waals surface area contributed by atoms with Gasteiger partial charge in [0.15, 0.2) is 5.82 Å². The molecule has 9 nitrogen and oxygen atoms in total. The summed E-state index contributed by atoms with van der Waals surface area (Å²) in [4.78, 5) is 4.27. The molecule has 15 heteroatoms. The Labute approximate surface area is 245 Å². The summed E-state index contributed by atoms with van der Waals surface area (Å²) in [6.45, 7) is 1.28. The second-order valence-corrected chi connectivity index (χ2v) is 10.6. The number of aryl methyl sites for hydroxylation is 1. The Morgan fingerprint density at radius 3 is 2.49 bits per heavy atom. The molecule has 43 heavy (non-hydrogen) atoms. The molecule has 2 aromatic heterocycles. The van der Waals surface area contributed by atoms with Gasteiger partial charge in [0.25, 0.3) is 0 Å². The van der Waals surface area contributed by atoms with Crippen LogP contribution in [-0.2, 0) is 15.7 Å². The molecule has 6 atom stereocenters. The van der Waals surface area contributed by atoms with Gasteiger partial charge in [-0.3, -0.25) is 4.68 Å². The standard InChI is InChI=1S/C28H21ClF5N5O4/c1-3-16-18(30)6-13(7-19(16)31)14-9-35-38(10-14)22-23(41)26(43-24-21(40)11-42-25(22)24)27-36-12(2)37-39(27)20-8-15(29)4-5-17(20)28(32,33)34/h1,4-10,21-26,40-41H,11H2,2H3/t21?,22?,23?,24?,25-,26-/m1/s1. The van der Waals surface area contributed by atoms with Gasteiger partial charge in [0.1, 0.15) is 54.0 Å². The van der Waals surface area contributed by atoms with Crippen molar-refractivity contribution in [1.82, 2.24) is 24.5 Å². The molecule has 0 spiro atoms. The molecule has 2 fully saturated rings. The summed E-state index contributed by atoms with van der Waals surface area (Å²) in [5, 5.41) is 30.7. The van der Waals surface area contributed by atoms with Crippen molar-refractivity contribution in [2.24, 2.45) is 0 Å². The van der Waals surface area contributed by atoms with Gasteiger partial charge in [0.05, 0.1) is 29.6 Å². The molecule has 2 aliphatic rings. The third-order valence-electron chi connectivity index (χ3n) is 7.38. The van der Waals surface area contributed by atoms with Crippen molar-refractivity contribution in [3.8, 4) is 29.2 Å². The molecular weight excluding hydrogens is 601 g/mol. The van der Waals surface area contributed by atoms with Crippen LogP contribution in [0.3, 0.4) is 0 Å². The van der Waals surface area contributed by atoms with Crippen molar-refractivity contribution >= 4 is 11.6 Å². The van der Waals surface area contributed by atoms with Gasteiger partial charge in [0, 0.05) is 16.8 Å². The van der Waals surface area contributed by atoms with Crippen LogP contribution >= 0.6 is 11.6 Å². The van der Waals surface area contributed by atoms with E-state index in [9.17, 15) is 32.2 Å². The van der Waals surface area contributed by atoms with Crippen LogP contribution in [0.25, 0.3) is 16.8 Å². The van der Waals surface area contributed by atoms with Gasteiger partial charge in [-0.15, -0.1) is 6.42 Å². The molecule has 2 saturated heterocycles. The topological polar surface area (TPSA) is 107 Å². The highest BCUT2D eigenvalue weighted by molar-refractivity contribution is 6.30. The van der Waals surface area contributed by atoms with E-state index < -0.39 is 71.2 Å². The molecule has 0 aliphatic carbocycles. The summed E-state index contributed by atoms with van der Waals surface area (Å²) in [5.74, 6) is -0.0777. The van der Waals surface area contributed by atoms with Crippen LogP contribution < -0.4 is 0 Å². The molecule has 224 valence electrons. The number of rotatable bonds is 4. The molecule has 2 aliphatic heterocycles. The van der Waals surface area contributed by atoms with E-state index in [0.29, 0.717) is 0 Å². The number of fused-ring (bicyclic) bond motifs is 1. The van der Waals surface area contributed by atoms with E-state index in [4.69, 9.17) is 27.5 Å². The first kappa shape index (κ1) is 29.2. The maximum atomic E-state index is 14.4. The van der Waals surface area contributed by atoms with E-state index >= 15 is 0 Å². The fourth-order valence-electron chi connectivity index (χ4n) is 5.46. The lowest BCUT2D eigenvalue weighted by Crippen LogP contribution is -2.52. The maximum Gasteiger partial charge on any atom is 0.418 e. The second kappa shape index (κ2) is 10.7. The summed E-state index contributed by atoms with van der Waals surface area (Å²) in [5.41, 5.74) is -1.66. The van der Waals surface area contributed by atoms with E-state index in [1.165, 1.54) is 24.0 Å². The maximum absolute atomic E-state index is 14.4. The van der Waals surface area contributed by atoms with Gasteiger partial charge < -0.3 is 19.7 Å². The number of halogens is 6. The Hall–Kier alpha value is -3.87. The lowest BCUT2D eigenvalue weighted by Gasteiger charge is -2.41. The number of hydrogen-bond donors (Lipinski definition) is 2. The minimum absolute atomic E-state index is 0.00279. The average molecular weight is 622 g/mol. The zero-order valence-electron chi connectivity index (χ0n) is 22.0. The number of nitrogens with zero attached hydrogens (tertiary/aromatic N) is 5. The van der Waals surface area contributed by atoms with Crippen LogP contribution in [0.15, 0.2) is 42.7 Å². The highest BCUT2D eigenvalue weighted by Gasteiger charge is 2.54. The highest BCUT2D eigenvalue weighted by Crippen LogP contribution is 2.44. The van der Waals surface area contributed by atoms with Crippen molar-refractivity contribution in [3.05, 3.63) is 82.2 Å². The van der Waals surface area contributed by atoms with Gasteiger partial charge in [-0.25, -0.2) is 18.4 Å². The van der Waals surface area contributed by atoms with Gasteiger partial charge in [-0.2, -0.15) is 23.4 Å². The first-order chi connectivity index (χ1) is 20.4. The predicted molar refractivity (Wildman–Crippen MR) is 140 cm³/mol. The Balaban J connectivity index is 1.43.